The smallest absolute Gasteiger partial charge is 0.190 e. The summed E-state index contributed by atoms with van der Waals surface area (Å²) in [5.41, 5.74) is 1.01. The Balaban J connectivity index is 1.70. The predicted molar refractivity (Wildman–Crippen MR) is 70.8 cm³/mol. The van der Waals surface area contributed by atoms with E-state index in [-0.39, 0.29) is 0 Å². The minimum atomic E-state index is -1.40. The SMILES string of the molecule is [2H][C@@H](O)[C@H]1O[C@@H]2OC(C)(C)O[C@@H]2[C@@H]1OCc1ccccc1. The van der Waals surface area contributed by atoms with Gasteiger partial charge in [0, 0.05) is 0 Å². The minimum Gasteiger partial charge on any atom is -0.394 e. The maximum Gasteiger partial charge on any atom is 0.190 e. The van der Waals surface area contributed by atoms with E-state index >= 15 is 0 Å². The van der Waals surface area contributed by atoms with Crippen molar-refractivity contribution < 1.29 is 25.4 Å². The molecule has 3 rings (SSSR count). The molecule has 0 spiro atoms. The predicted octanol–water partition coefficient (Wildman–Crippen LogP) is 1.44. The molecule has 0 saturated carbocycles. The van der Waals surface area contributed by atoms with Gasteiger partial charge in [-0.15, -0.1) is 0 Å². The number of aliphatic hydroxyl groups excluding tert-OH is 1. The normalized spacial score (nSPS) is 37.5. The van der Waals surface area contributed by atoms with Gasteiger partial charge in [-0.3, -0.25) is 0 Å². The van der Waals surface area contributed by atoms with E-state index in [0.717, 1.165) is 5.56 Å². The molecule has 1 N–H and O–H groups in total. The number of fused-ring (bicyclic) bond motifs is 1. The Kier molecular flexibility index (Phi) is 3.45. The average Bonchev–Trinajstić information content (AvgIpc) is 2.90. The molecule has 5 heteroatoms. The van der Waals surface area contributed by atoms with E-state index in [9.17, 15) is 5.11 Å². The molecule has 2 saturated heterocycles. The molecular formula is C15H20O5. The Morgan fingerprint density at radius 2 is 2.05 bits per heavy atom. The van der Waals surface area contributed by atoms with Crippen LogP contribution in [0.5, 0.6) is 0 Å². The summed E-state index contributed by atoms with van der Waals surface area (Å²) >= 11 is 0. The van der Waals surface area contributed by atoms with Crippen molar-refractivity contribution in [3.05, 3.63) is 35.9 Å². The average molecular weight is 281 g/mol. The third-order valence-corrected chi connectivity index (χ3v) is 3.46. The van der Waals surface area contributed by atoms with E-state index in [4.69, 9.17) is 20.3 Å². The molecule has 2 fully saturated rings. The molecule has 2 aliphatic rings. The summed E-state index contributed by atoms with van der Waals surface area (Å²) < 4.78 is 30.3. The van der Waals surface area contributed by atoms with Crippen LogP contribution >= 0.6 is 0 Å². The Morgan fingerprint density at radius 1 is 1.30 bits per heavy atom. The maximum atomic E-state index is 9.56. The van der Waals surface area contributed by atoms with E-state index in [1.807, 2.05) is 30.3 Å². The number of ether oxygens (including phenoxy) is 4. The van der Waals surface area contributed by atoms with Crippen molar-refractivity contribution in [1.29, 1.82) is 0 Å². The third-order valence-electron chi connectivity index (χ3n) is 3.46. The van der Waals surface area contributed by atoms with Crippen molar-refractivity contribution in [3.63, 3.8) is 0 Å². The fourth-order valence-corrected chi connectivity index (χ4v) is 2.58. The zero-order valence-electron chi connectivity index (χ0n) is 12.6. The lowest BCUT2D eigenvalue weighted by atomic mass is 10.1. The summed E-state index contributed by atoms with van der Waals surface area (Å²) in [5.74, 6) is -0.748. The van der Waals surface area contributed by atoms with Crippen molar-refractivity contribution in [3.8, 4) is 0 Å². The largest absolute Gasteiger partial charge is 0.394 e. The van der Waals surface area contributed by atoms with Gasteiger partial charge in [-0.2, -0.15) is 0 Å². The van der Waals surface area contributed by atoms with Gasteiger partial charge in [-0.05, 0) is 19.4 Å². The summed E-state index contributed by atoms with van der Waals surface area (Å²) in [6.45, 7) is 2.57. The Bertz CT molecular complexity index is 478. The molecule has 0 bridgehead atoms. The van der Waals surface area contributed by atoms with E-state index in [0.29, 0.717) is 6.61 Å². The fraction of sp³-hybridized carbons (Fsp3) is 0.600. The van der Waals surface area contributed by atoms with Crippen LogP contribution < -0.4 is 0 Å². The van der Waals surface area contributed by atoms with E-state index in [2.05, 4.69) is 0 Å². The minimum absolute atomic E-state index is 0.366. The zero-order valence-corrected chi connectivity index (χ0v) is 11.6. The highest BCUT2D eigenvalue weighted by Gasteiger charge is 2.55. The molecule has 2 aliphatic heterocycles. The fourth-order valence-electron chi connectivity index (χ4n) is 2.58. The summed E-state index contributed by atoms with van der Waals surface area (Å²) in [6.07, 6.45) is -2.36. The van der Waals surface area contributed by atoms with Gasteiger partial charge in [0.25, 0.3) is 0 Å². The Hall–Kier alpha value is -0.980. The van der Waals surface area contributed by atoms with Crippen molar-refractivity contribution in [1.82, 2.24) is 0 Å². The van der Waals surface area contributed by atoms with Crippen molar-refractivity contribution in [2.45, 2.75) is 50.8 Å². The van der Waals surface area contributed by atoms with Gasteiger partial charge in [0.2, 0.25) is 0 Å². The molecule has 2 heterocycles. The van der Waals surface area contributed by atoms with Crippen LogP contribution in [0.25, 0.3) is 0 Å². The first kappa shape index (κ1) is 12.7. The van der Waals surface area contributed by atoms with Crippen LogP contribution in [0.3, 0.4) is 0 Å². The Morgan fingerprint density at radius 3 is 2.75 bits per heavy atom. The monoisotopic (exact) mass is 281 g/mol. The molecule has 110 valence electrons. The number of hydrogen-bond donors (Lipinski definition) is 1. The lowest BCUT2D eigenvalue weighted by Gasteiger charge is -2.25. The molecule has 0 unspecified atom stereocenters. The molecule has 1 aromatic carbocycles. The lowest BCUT2D eigenvalue weighted by molar-refractivity contribution is -0.222. The standard InChI is InChI=1S/C15H20O5/c1-15(2)19-13-12(11(8-16)18-14(13)20-15)17-9-10-6-4-3-5-7-10/h3-7,11-14,16H,8-9H2,1-2H3/t11-,12-,13-,14-/m1/s1/i8D/t8-,11-,12-,13-,14-. The van der Waals surface area contributed by atoms with Gasteiger partial charge in [0.15, 0.2) is 12.1 Å². The van der Waals surface area contributed by atoms with Crippen molar-refractivity contribution in [2.24, 2.45) is 0 Å². The van der Waals surface area contributed by atoms with Crippen LogP contribution in [0.4, 0.5) is 0 Å². The molecule has 5 nitrogen and oxygen atoms in total. The van der Waals surface area contributed by atoms with Crippen LogP contribution in [-0.4, -0.2) is 42.1 Å². The second-order valence-electron chi connectivity index (χ2n) is 5.48. The van der Waals surface area contributed by atoms with Crippen LogP contribution in [0.15, 0.2) is 30.3 Å². The van der Waals surface area contributed by atoms with Crippen molar-refractivity contribution in [2.75, 3.05) is 6.58 Å². The molecule has 1 aromatic rings. The van der Waals surface area contributed by atoms with E-state index < -0.39 is 37.0 Å². The highest BCUT2D eigenvalue weighted by Crippen LogP contribution is 2.38. The molecular weight excluding hydrogens is 260 g/mol. The summed E-state index contributed by atoms with van der Waals surface area (Å²) in [7, 11) is 0. The molecule has 5 atom stereocenters. The van der Waals surface area contributed by atoms with Gasteiger partial charge in [0.1, 0.15) is 18.3 Å². The van der Waals surface area contributed by atoms with Crippen LogP contribution in [0, 0.1) is 0 Å². The molecule has 0 radical (unpaired) electrons. The summed E-state index contributed by atoms with van der Waals surface area (Å²) in [4.78, 5) is 0. The van der Waals surface area contributed by atoms with Crippen LogP contribution in [-0.2, 0) is 25.6 Å². The second-order valence-corrected chi connectivity index (χ2v) is 5.48. The number of benzene rings is 1. The first-order valence-corrected chi connectivity index (χ1v) is 6.73. The lowest BCUT2D eigenvalue weighted by Crippen LogP contribution is -2.38. The highest BCUT2D eigenvalue weighted by atomic mass is 16.8. The third kappa shape index (κ3) is 2.73. The number of rotatable bonds is 4. The number of aliphatic hydroxyl groups is 1. The van der Waals surface area contributed by atoms with Gasteiger partial charge >= 0.3 is 0 Å². The van der Waals surface area contributed by atoms with E-state index in [1.54, 1.807) is 13.8 Å². The van der Waals surface area contributed by atoms with Crippen molar-refractivity contribution >= 4 is 0 Å². The zero-order chi connectivity index (χ0) is 15.0. The molecule has 20 heavy (non-hydrogen) atoms. The highest BCUT2D eigenvalue weighted by molar-refractivity contribution is 5.13. The first-order valence-electron chi connectivity index (χ1n) is 7.31. The first-order chi connectivity index (χ1) is 9.96. The molecule has 0 aromatic heterocycles. The van der Waals surface area contributed by atoms with Gasteiger partial charge in [0.05, 0.1) is 14.6 Å². The topological polar surface area (TPSA) is 57.2 Å². The van der Waals surface area contributed by atoms with Crippen LogP contribution in [0.1, 0.15) is 20.8 Å². The van der Waals surface area contributed by atoms with E-state index in [1.165, 1.54) is 0 Å². The molecule has 0 aliphatic carbocycles. The molecule has 0 amide bonds. The summed E-state index contributed by atoms with van der Waals surface area (Å²) in [5, 5.41) is 9.56. The van der Waals surface area contributed by atoms with Crippen LogP contribution in [0.2, 0.25) is 0 Å². The van der Waals surface area contributed by atoms with Gasteiger partial charge < -0.3 is 24.1 Å². The Labute approximate surface area is 119 Å². The quantitative estimate of drug-likeness (QED) is 0.905. The number of hydrogen-bond acceptors (Lipinski definition) is 5. The summed E-state index contributed by atoms with van der Waals surface area (Å²) in [6, 6.07) is 9.71. The second kappa shape index (κ2) is 5.42. The van der Waals surface area contributed by atoms with Gasteiger partial charge in [-0.25, -0.2) is 0 Å². The van der Waals surface area contributed by atoms with Gasteiger partial charge in [-0.1, -0.05) is 30.3 Å². The maximum absolute atomic E-state index is 9.56.